The van der Waals surface area contributed by atoms with Crippen molar-refractivity contribution < 1.29 is 4.74 Å². The summed E-state index contributed by atoms with van der Waals surface area (Å²) in [6.45, 7) is 7.89. The molecule has 2 heteroatoms. The molecule has 1 aliphatic heterocycles. The van der Waals surface area contributed by atoms with Crippen LogP contribution in [0.2, 0.25) is 0 Å². The molecule has 0 saturated carbocycles. The van der Waals surface area contributed by atoms with Gasteiger partial charge < -0.3 is 10.1 Å². The molecule has 1 heterocycles. The van der Waals surface area contributed by atoms with Gasteiger partial charge in [-0.2, -0.15) is 0 Å². The van der Waals surface area contributed by atoms with Crippen molar-refractivity contribution in [2.24, 2.45) is 17.8 Å². The highest BCUT2D eigenvalue weighted by atomic mass is 16.5. The largest absolute Gasteiger partial charge is 0.384 e. The Morgan fingerprint density at radius 1 is 1.50 bits per heavy atom. The minimum atomic E-state index is 0.741. The van der Waals surface area contributed by atoms with Gasteiger partial charge in [-0.25, -0.2) is 0 Å². The zero-order chi connectivity index (χ0) is 8.97. The lowest BCUT2D eigenvalue weighted by Crippen LogP contribution is -2.26. The molecule has 0 aliphatic carbocycles. The molecule has 0 aromatic carbocycles. The molecular weight excluding hydrogens is 150 g/mol. The van der Waals surface area contributed by atoms with Gasteiger partial charge in [-0.15, -0.1) is 0 Å². The Kier molecular flexibility index (Phi) is 4.02. The monoisotopic (exact) mass is 171 g/mol. The molecule has 0 spiro atoms. The van der Waals surface area contributed by atoms with E-state index in [-0.39, 0.29) is 0 Å². The van der Waals surface area contributed by atoms with Gasteiger partial charge in [0, 0.05) is 13.7 Å². The van der Waals surface area contributed by atoms with E-state index in [1.54, 1.807) is 7.11 Å². The molecule has 2 nitrogen and oxygen atoms in total. The first kappa shape index (κ1) is 10.0. The Labute approximate surface area is 75.7 Å². The molecule has 2 atom stereocenters. The zero-order valence-electron chi connectivity index (χ0n) is 8.47. The first-order valence-electron chi connectivity index (χ1n) is 4.95. The maximum absolute atomic E-state index is 5.25. The van der Waals surface area contributed by atoms with Gasteiger partial charge in [-0.1, -0.05) is 13.8 Å². The van der Waals surface area contributed by atoms with Crippen molar-refractivity contribution in [3.8, 4) is 0 Å². The second kappa shape index (κ2) is 4.83. The van der Waals surface area contributed by atoms with Crippen LogP contribution >= 0.6 is 0 Å². The van der Waals surface area contributed by atoms with Crippen LogP contribution in [0.15, 0.2) is 0 Å². The van der Waals surface area contributed by atoms with Crippen molar-refractivity contribution in [1.82, 2.24) is 5.32 Å². The Balaban J connectivity index is 2.40. The van der Waals surface area contributed by atoms with Crippen LogP contribution in [0.4, 0.5) is 0 Å². The average molecular weight is 171 g/mol. The van der Waals surface area contributed by atoms with E-state index in [2.05, 4.69) is 19.2 Å². The molecule has 1 rings (SSSR count). The number of rotatable bonds is 4. The number of methoxy groups -OCH3 is 1. The summed E-state index contributed by atoms with van der Waals surface area (Å²) in [4.78, 5) is 0. The van der Waals surface area contributed by atoms with E-state index in [9.17, 15) is 0 Å². The lowest BCUT2D eigenvalue weighted by molar-refractivity contribution is 0.0973. The third kappa shape index (κ3) is 2.46. The van der Waals surface area contributed by atoms with Crippen LogP contribution in [0, 0.1) is 17.8 Å². The summed E-state index contributed by atoms with van der Waals surface area (Å²) in [6.07, 6.45) is 1.33. The van der Waals surface area contributed by atoms with Crippen molar-refractivity contribution >= 4 is 0 Å². The molecule has 12 heavy (non-hydrogen) atoms. The average Bonchev–Trinajstić information content (AvgIpc) is 2.51. The van der Waals surface area contributed by atoms with Gasteiger partial charge in [0.15, 0.2) is 0 Å². The van der Waals surface area contributed by atoms with Crippen LogP contribution < -0.4 is 5.32 Å². The van der Waals surface area contributed by atoms with Crippen molar-refractivity contribution in [3.05, 3.63) is 0 Å². The predicted molar refractivity (Wildman–Crippen MR) is 51.2 cm³/mol. The van der Waals surface area contributed by atoms with Gasteiger partial charge in [0.2, 0.25) is 0 Å². The SMILES string of the molecule is COCC(C(C)C)C1CCNC1. The van der Waals surface area contributed by atoms with Crippen LogP contribution in [-0.2, 0) is 4.74 Å². The van der Waals surface area contributed by atoms with Gasteiger partial charge in [0.05, 0.1) is 0 Å². The molecule has 1 saturated heterocycles. The molecule has 1 fully saturated rings. The Bertz CT molecular complexity index is 119. The van der Waals surface area contributed by atoms with Gasteiger partial charge >= 0.3 is 0 Å². The van der Waals surface area contributed by atoms with E-state index in [0.717, 1.165) is 24.4 Å². The zero-order valence-corrected chi connectivity index (χ0v) is 8.47. The summed E-state index contributed by atoms with van der Waals surface area (Å²) in [6, 6.07) is 0. The number of hydrogen-bond acceptors (Lipinski definition) is 2. The maximum Gasteiger partial charge on any atom is 0.0496 e. The predicted octanol–water partition coefficient (Wildman–Crippen LogP) is 1.51. The molecule has 1 N–H and O–H groups in total. The molecule has 0 bridgehead atoms. The summed E-state index contributed by atoms with van der Waals surface area (Å²) in [7, 11) is 1.80. The van der Waals surface area contributed by atoms with E-state index < -0.39 is 0 Å². The standard InChI is InChI=1S/C10H21NO/c1-8(2)10(7-12-3)9-4-5-11-6-9/h8-11H,4-7H2,1-3H3. The topological polar surface area (TPSA) is 21.3 Å². The van der Waals surface area contributed by atoms with Gasteiger partial charge in [0.1, 0.15) is 0 Å². The minimum Gasteiger partial charge on any atom is -0.384 e. The van der Waals surface area contributed by atoms with Crippen LogP contribution in [0.25, 0.3) is 0 Å². The van der Waals surface area contributed by atoms with E-state index >= 15 is 0 Å². The van der Waals surface area contributed by atoms with E-state index in [1.165, 1.54) is 19.5 Å². The minimum absolute atomic E-state index is 0.741. The molecule has 0 aromatic rings. The fraction of sp³-hybridized carbons (Fsp3) is 1.00. The van der Waals surface area contributed by atoms with E-state index in [4.69, 9.17) is 4.74 Å². The molecule has 1 aliphatic rings. The molecule has 0 radical (unpaired) electrons. The van der Waals surface area contributed by atoms with E-state index in [1.807, 2.05) is 0 Å². The first-order valence-corrected chi connectivity index (χ1v) is 4.95. The molecular formula is C10H21NO. The first-order chi connectivity index (χ1) is 5.75. The molecule has 0 aromatic heterocycles. The Hall–Kier alpha value is -0.0800. The number of nitrogens with one attached hydrogen (secondary N) is 1. The Morgan fingerprint density at radius 2 is 2.25 bits per heavy atom. The van der Waals surface area contributed by atoms with Gasteiger partial charge in [-0.3, -0.25) is 0 Å². The lowest BCUT2D eigenvalue weighted by atomic mass is 9.83. The van der Waals surface area contributed by atoms with Gasteiger partial charge in [-0.05, 0) is 37.3 Å². The fourth-order valence-electron chi connectivity index (χ4n) is 2.11. The summed E-state index contributed by atoms with van der Waals surface area (Å²) in [5, 5.41) is 3.41. The molecule has 0 amide bonds. The Morgan fingerprint density at radius 3 is 2.67 bits per heavy atom. The maximum atomic E-state index is 5.25. The second-order valence-corrected chi connectivity index (χ2v) is 4.12. The van der Waals surface area contributed by atoms with Crippen LogP contribution in [0.1, 0.15) is 20.3 Å². The highest BCUT2D eigenvalue weighted by molar-refractivity contribution is 4.79. The summed E-state index contributed by atoms with van der Waals surface area (Å²) < 4.78 is 5.25. The van der Waals surface area contributed by atoms with Crippen LogP contribution in [0.5, 0.6) is 0 Å². The second-order valence-electron chi connectivity index (χ2n) is 4.12. The lowest BCUT2D eigenvalue weighted by Gasteiger charge is -2.25. The third-order valence-corrected chi connectivity index (χ3v) is 2.92. The van der Waals surface area contributed by atoms with E-state index in [0.29, 0.717) is 0 Å². The number of hydrogen-bond donors (Lipinski definition) is 1. The summed E-state index contributed by atoms with van der Waals surface area (Å²) in [5.41, 5.74) is 0. The fourth-order valence-corrected chi connectivity index (χ4v) is 2.11. The highest BCUT2D eigenvalue weighted by Crippen LogP contribution is 2.25. The highest BCUT2D eigenvalue weighted by Gasteiger charge is 2.26. The van der Waals surface area contributed by atoms with Crippen molar-refractivity contribution in [2.75, 3.05) is 26.8 Å². The van der Waals surface area contributed by atoms with Crippen molar-refractivity contribution in [1.29, 1.82) is 0 Å². The summed E-state index contributed by atoms with van der Waals surface area (Å²) in [5.74, 6) is 2.32. The molecule has 2 unspecified atom stereocenters. The van der Waals surface area contributed by atoms with Gasteiger partial charge in [0.25, 0.3) is 0 Å². The molecule has 72 valence electrons. The summed E-state index contributed by atoms with van der Waals surface area (Å²) >= 11 is 0. The van der Waals surface area contributed by atoms with Crippen LogP contribution in [0.3, 0.4) is 0 Å². The van der Waals surface area contributed by atoms with Crippen molar-refractivity contribution in [3.63, 3.8) is 0 Å². The third-order valence-electron chi connectivity index (χ3n) is 2.92. The smallest absolute Gasteiger partial charge is 0.0496 e. The van der Waals surface area contributed by atoms with Crippen molar-refractivity contribution in [2.45, 2.75) is 20.3 Å². The normalized spacial score (nSPS) is 26.5. The van der Waals surface area contributed by atoms with Crippen LogP contribution in [-0.4, -0.2) is 26.8 Å². The number of ether oxygens (including phenoxy) is 1. The quantitative estimate of drug-likeness (QED) is 0.692.